The normalized spacial score (nSPS) is 11.0. The van der Waals surface area contributed by atoms with Gasteiger partial charge in [0.1, 0.15) is 6.54 Å². The van der Waals surface area contributed by atoms with Crippen LogP contribution in [0.25, 0.3) is 0 Å². The summed E-state index contributed by atoms with van der Waals surface area (Å²) in [7, 11) is 0. The van der Waals surface area contributed by atoms with Crippen LogP contribution in [0.4, 0.5) is 11.4 Å². The van der Waals surface area contributed by atoms with Gasteiger partial charge < -0.3 is 38.5 Å². The van der Waals surface area contributed by atoms with Crippen molar-refractivity contribution in [2.24, 2.45) is 0 Å². The standard InChI is InChI=1S/C17H32N3O.3ClH.H2O/c1-4-20(5-2,13-14-21)12-6-7-15(3)19-17-10-8-16(18)9-11-17;;;;/h8-11,15,19,21H,4-7,12-14,18H2,1-3H3;3*1H;1H2/q+1;;;;/p-1. The van der Waals surface area contributed by atoms with Gasteiger partial charge in [0.2, 0.25) is 0 Å². The highest BCUT2D eigenvalue weighted by Crippen LogP contribution is 2.15. The summed E-state index contributed by atoms with van der Waals surface area (Å²) in [4.78, 5) is 0. The lowest BCUT2D eigenvalue weighted by Gasteiger charge is -2.36. The van der Waals surface area contributed by atoms with Crippen molar-refractivity contribution in [3.63, 3.8) is 0 Å². The lowest BCUT2D eigenvalue weighted by atomic mass is 10.1. The van der Waals surface area contributed by atoms with Crippen molar-refractivity contribution in [3.05, 3.63) is 24.3 Å². The molecule has 0 aromatic heterocycles. The van der Waals surface area contributed by atoms with E-state index in [1.807, 2.05) is 24.3 Å². The number of rotatable bonds is 10. The maximum absolute atomic E-state index is 9.25. The van der Waals surface area contributed by atoms with Crippen LogP contribution in [0.15, 0.2) is 24.3 Å². The first-order valence-corrected chi connectivity index (χ1v) is 8.13. The zero-order valence-electron chi connectivity index (χ0n) is 15.5. The predicted molar refractivity (Wildman–Crippen MR) is 109 cm³/mol. The van der Waals surface area contributed by atoms with E-state index in [1.165, 1.54) is 6.42 Å². The second-order valence-corrected chi connectivity index (χ2v) is 5.95. The number of nitrogens with zero attached hydrogens (tertiary/aromatic N) is 1. The number of benzene rings is 1. The van der Waals surface area contributed by atoms with Crippen molar-refractivity contribution in [2.45, 2.75) is 39.7 Å². The zero-order chi connectivity index (χ0) is 15.7. The van der Waals surface area contributed by atoms with Crippen LogP contribution in [-0.4, -0.2) is 53.9 Å². The molecule has 1 aromatic rings. The van der Waals surface area contributed by atoms with Crippen LogP contribution in [-0.2, 0) is 0 Å². The van der Waals surface area contributed by atoms with Crippen LogP contribution in [0, 0.1) is 0 Å². The smallest absolute Gasteiger partial charge is 0.102 e. The van der Waals surface area contributed by atoms with Gasteiger partial charge in [-0.25, -0.2) is 0 Å². The van der Waals surface area contributed by atoms with E-state index in [0.717, 1.165) is 48.5 Å². The van der Waals surface area contributed by atoms with Crippen molar-refractivity contribution in [1.29, 1.82) is 0 Å². The van der Waals surface area contributed by atoms with Gasteiger partial charge in [0.25, 0.3) is 0 Å². The Kier molecular flexibility index (Phi) is 21.9. The van der Waals surface area contributed by atoms with Crippen LogP contribution in [0.3, 0.4) is 0 Å². The largest absolute Gasteiger partial charge is 1.00 e. The Morgan fingerprint density at radius 1 is 1.08 bits per heavy atom. The molecule has 6 N–H and O–H groups in total. The van der Waals surface area contributed by atoms with E-state index in [0.29, 0.717) is 6.04 Å². The Bertz CT molecular complexity index is 405. The minimum Gasteiger partial charge on any atom is -1.00 e. The lowest BCUT2D eigenvalue weighted by molar-refractivity contribution is -0.925. The van der Waals surface area contributed by atoms with E-state index >= 15 is 0 Å². The van der Waals surface area contributed by atoms with Gasteiger partial charge in [-0.3, -0.25) is 0 Å². The maximum atomic E-state index is 9.25. The van der Waals surface area contributed by atoms with E-state index in [9.17, 15) is 5.11 Å². The average molecular weight is 421 g/mol. The summed E-state index contributed by atoms with van der Waals surface area (Å²) in [5.41, 5.74) is 7.61. The first-order chi connectivity index (χ1) is 10.0. The minimum absolute atomic E-state index is 0. The number of halogens is 3. The highest BCUT2D eigenvalue weighted by atomic mass is 35.5. The molecule has 0 fully saturated rings. The summed E-state index contributed by atoms with van der Waals surface area (Å²) in [6, 6.07) is 8.34. The third kappa shape index (κ3) is 11.7. The van der Waals surface area contributed by atoms with Crippen molar-refractivity contribution >= 4 is 36.2 Å². The summed E-state index contributed by atoms with van der Waals surface area (Å²) in [6.07, 6.45) is 2.31. The fraction of sp³-hybridized carbons (Fsp3) is 0.647. The molecular weight excluding hydrogens is 385 g/mol. The molecule has 0 aliphatic rings. The van der Waals surface area contributed by atoms with E-state index < -0.39 is 0 Å². The molecule has 1 unspecified atom stereocenters. The molecule has 8 heteroatoms. The second-order valence-electron chi connectivity index (χ2n) is 5.95. The molecule has 0 amide bonds. The van der Waals surface area contributed by atoms with Gasteiger partial charge in [-0.05, 0) is 57.9 Å². The number of aliphatic hydroxyl groups is 1. The van der Waals surface area contributed by atoms with E-state index in [4.69, 9.17) is 5.73 Å². The number of nitrogen functional groups attached to an aromatic ring is 1. The molecule has 5 nitrogen and oxygen atoms in total. The van der Waals surface area contributed by atoms with Crippen LogP contribution >= 0.6 is 24.8 Å². The van der Waals surface area contributed by atoms with Gasteiger partial charge in [0, 0.05) is 17.4 Å². The second kappa shape index (κ2) is 17.0. The molecule has 0 saturated carbocycles. The minimum atomic E-state index is 0. The van der Waals surface area contributed by atoms with E-state index in [2.05, 4.69) is 26.1 Å². The predicted octanol–water partition coefficient (Wildman–Crippen LogP) is -0.279. The molecule has 25 heavy (non-hydrogen) atoms. The fourth-order valence-corrected chi connectivity index (χ4v) is 2.85. The quantitative estimate of drug-likeness (QED) is 0.359. The van der Waals surface area contributed by atoms with Crippen molar-refractivity contribution < 1.29 is 27.5 Å². The van der Waals surface area contributed by atoms with Gasteiger partial charge >= 0.3 is 0 Å². The molecule has 0 bridgehead atoms. The molecule has 0 aliphatic carbocycles. The SMILES string of the molecule is CC[N+](CC)(CCO)CCCC(C)Nc1ccc(N)cc1.Cl.Cl.O.[Cl-]. The Balaban J connectivity index is -0.000000551. The number of hydrogen-bond donors (Lipinski definition) is 3. The monoisotopic (exact) mass is 419 g/mol. The lowest BCUT2D eigenvalue weighted by Crippen LogP contribution is -3.00. The maximum Gasteiger partial charge on any atom is 0.102 e. The van der Waals surface area contributed by atoms with Gasteiger partial charge in [-0.2, -0.15) is 0 Å². The third-order valence-electron chi connectivity index (χ3n) is 4.51. The number of nitrogens with one attached hydrogen (secondary N) is 1. The molecule has 0 aliphatic heterocycles. The highest BCUT2D eigenvalue weighted by Gasteiger charge is 2.22. The Morgan fingerprint density at radius 2 is 1.60 bits per heavy atom. The van der Waals surface area contributed by atoms with Crippen LogP contribution < -0.4 is 23.5 Å². The number of nitrogens with two attached hydrogens (primary N) is 1. The average Bonchev–Trinajstić information content (AvgIpc) is 2.48. The number of likely N-dealkylation sites (N-methyl/N-ethyl adjacent to an activating group) is 1. The first-order valence-electron chi connectivity index (χ1n) is 8.13. The Morgan fingerprint density at radius 3 is 2.04 bits per heavy atom. The summed E-state index contributed by atoms with van der Waals surface area (Å²) >= 11 is 0. The van der Waals surface area contributed by atoms with Crippen LogP contribution in [0.2, 0.25) is 0 Å². The molecular formula is C17H36Cl3N3O2. The number of hydrogen-bond acceptors (Lipinski definition) is 3. The van der Waals surface area contributed by atoms with Crippen molar-refractivity contribution in [1.82, 2.24) is 0 Å². The molecule has 0 heterocycles. The highest BCUT2D eigenvalue weighted by molar-refractivity contribution is 5.85. The first kappa shape index (κ1) is 32.3. The zero-order valence-corrected chi connectivity index (χ0v) is 17.9. The Hall–Kier alpha value is -0.430. The van der Waals surface area contributed by atoms with E-state index in [-0.39, 0.29) is 49.3 Å². The summed E-state index contributed by atoms with van der Waals surface area (Å²) < 4.78 is 1.02. The number of aliphatic hydroxyl groups excluding tert-OH is 1. The molecule has 152 valence electrons. The summed E-state index contributed by atoms with van der Waals surface area (Å²) in [6.45, 7) is 11.1. The molecule has 1 aromatic carbocycles. The van der Waals surface area contributed by atoms with Crippen LogP contribution in [0.5, 0.6) is 0 Å². The Labute approximate surface area is 171 Å². The molecule has 0 saturated heterocycles. The molecule has 1 atom stereocenters. The summed E-state index contributed by atoms with van der Waals surface area (Å²) in [5, 5.41) is 12.8. The van der Waals surface area contributed by atoms with Gasteiger partial charge in [0.15, 0.2) is 0 Å². The van der Waals surface area contributed by atoms with Crippen LogP contribution in [0.1, 0.15) is 33.6 Å². The van der Waals surface area contributed by atoms with Gasteiger partial charge in [-0.15, -0.1) is 24.8 Å². The molecule has 0 radical (unpaired) electrons. The third-order valence-corrected chi connectivity index (χ3v) is 4.51. The molecule has 0 spiro atoms. The number of anilines is 2. The van der Waals surface area contributed by atoms with Gasteiger partial charge in [0.05, 0.1) is 26.2 Å². The van der Waals surface area contributed by atoms with Crippen molar-refractivity contribution in [2.75, 3.05) is 43.8 Å². The van der Waals surface area contributed by atoms with Crippen molar-refractivity contribution in [3.8, 4) is 0 Å². The van der Waals surface area contributed by atoms with Gasteiger partial charge in [-0.1, -0.05) is 0 Å². The topological polar surface area (TPSA) is 89.8 Å². The van der Waals surface area contributed by atoms with E-state index in [1.54, 1.807) is 0 Å². The fourth-order valence-electron chi connectivity index (χ4n) is 2.85. The summed E-state index contributed by atoms with van der Waals surface area (Å²) in [5.74, 6) is 0. The number of quaternary nitrogens is 1. The molecule has 1 rings (SSSR count).